The number of benzene rings is 2. The highest BCUT2D eigenvalue weighted by Crippen LogP contribution is 2.39. The molecule has 0 saturated heterocycles. The Hall–Kier alpha value is -3.38. The Kier molecular flexibility index (Phi) is 4.94. The summed E-state index contributed by atoms with van der Waals surface area (Å²) in [5.74, 6) is -0.117. The molecule has 1 aliphatic heterocycles. The Morgan fingerprint density at radius 1 is 1.17 bits per heavy atom. The van der Waals surface area contributed by atoms with E-state index in [9.17, 15) is 9.59 Å². The third-order valence-corrected chi connectivity index (χ3v) is 4.87. The number of carbonyl (C=O) groups is 2. The number of anilines is 2. The number of ether oxygens (including phenoxy) is 1. The predicted molar refractivity (Wildman–Crippen MR) is 112 cm³/mol. The van der Waals surface area contributed by atoms with Crippen molar-refractivity contribution in [3.05, 3.63) is 76.4 Å². The van der Waals surface area contributed by atoms with E-state index < -0.39 is 0 Å². The molecule has 1 aromatic heterocycles. The van der Waals surface area contributed by atoms with Crippen LogP contribution in [-0.4, -0.2) is 23.3 Å². The number of rotatable bonds is 3. The smallest absolute Gasteiger partial charge is 0.264 e. The van der Waals surface area contributed by atoms with Crippen LogP contribution in [0.3, 0.4) is 0 Å². The number of aryl methyl sites for hydroxylation is 2. The minimum absolute atomic E-state index is 0.193. The highest BCUT2D eigenvalue weighted by molar-refractivity contribution is 6.31. The van der Waals surface area contributed by atoms with Crippen LogP contribution in [0.15, 0.2) is 54.7 Å². The maximum atomic E-state index is 13.2. The van der Waals surface area contributed by atoms with Gasteiger partial charge in [-0.25, -0.2) is 4.98 Å². The standard InChI is InChI=1S/C22H18ClN3O3/c1-13-5-6-14(2)17(10-13)25-20(27)12-26-18-11-15(23)7-8-19(18)29-21-16(22(26)28)4-3-9-24-21/h3-11H,12H2,1-2H3,(H,25,27). The largest absolute Gasteiger partial charge is 0.436 e. The maximum Gasteiger partial charge on any atom is 0.264 e. The molecule has 29 heavy (non-hydrogen) atoms. The van der Waals surface area contributed by atoms with Gasteiger partial charge >= 0.3 is 0 Å². The SMILES string of the molecule is Cc1ccc(C)c(NC(=O)CN2C(=O)c3cccnc3Oc3ccc(Cl)cc32)c1. The van der Waals surface area contributed by atoms with Gasteiger partial charge in [0.1, 0.15) is 12.1 Å². The molecule has 1 N–H and O–H groups in total. The highest BCUT2D eigenvalue weighted by atomic mass is 35.5. The van der Waals surface area contributed by atoms with Gasteiger partial charge in [-0.3, -0.25) is 14.5 Å². The molecule has 6 nitrogen and oxygen atoms in total. The van der Waals surface area contributed by atoms with Gasteiger partial charge in [0.15, 0.2) is 5.75 Å². The van der Waals surface area contributed by atoms with Crippen molar-refractivity contribution in [3.8, 4) is 11.6 Å². The van der Waals surface area contributed by atoms with Crippen LogP contribution in [0.2, 0.25) is 5.02 Å². The molecule has 0 radical (unpaired) electrons. The molecule has 0 spiro atoms. The van der Waals surface area contributed by atoms with E-state index in [-0.39, 0.29) is 29.8 Å². The van der Waals surface area contributed by atoms with Crippen molar-refractivity contribution in [2.75, 3.05) is 16.8 Å². The second-order valence-electron chi connectivity index (χ2n) is 6.83. The number of pyridine rings is 1. The first-order chi connectivity index (χ1) is 13.9. The Labute approximate surface area is 173 Å². The molecule has 0 saturated carbocycles. The van der Waals surface area contributed by atoms with E-state index in [1.807, 2.05) is 32.0 Å². The first kappa shape index (κ1) is 19.0. The van der Waals surface area contributed by atoms with Crippen molar-refractivity contribution in [1.29, 1.82) is 0 Å². The topological polar surface area (TPSA) is 71.5 Å². The summed E-state index contributed by atoms with van der Waals surface area (Å²) >= 11 is 6.15. The van der Waals surface area contributed by atoms with Gasteiger partial charge in [-0.05, 0) is 61.4 Å². The summed E-state index contributed by atoms with van der Waals surface area (Å²) in [4.78, 5) is 31.5. The number of fused-ring (bicyclic) bond motifs is 2. The van der Waals surface area contributed by atoms with E-state index >= 15 is 0 Å². The second-order valence-corrected chi connectivity index (χ2v) is 7.26. The van der Waals surface area contributed by atoms with E-state index in [4.69, 9.17) is 16.3 Å². The highest BCUT2D eigenvalue weighted by Gasteiger charge is 2.30. The lowest BCUT2D eigenvalue weighted by molar-refractivity contribution is -0.114. The van der Waals surface area contributed by atoms with Crippen molar-refractivity contribution in [2.45, 2.75) is 13.8 Å². The number of hydrogen-bond acceptors (Lipinski definition) is 4. The van der Waals surface area contributed by atoms with E-state index in [1.54, 1.807) is 36.5 Å². The molecular formula is C22H18ClN3O3. The van der Waals surface area contributed by atoms with Crippen LogP contribution in [0.5, 0.6) is 11.6 Å². The molecular weight excluding hydrogens is 390 g/mol. The van der Waals surface area contributed by atoms with Crippen LogP contribution < -0.4 is 15.0 Å². The lowest BCUT2D eigenvalue weighted by atomic mass is 10.1. The summed E-state index contributed by atoms with van der Waals surface area (Å²) in [5.41, 5.74) is 3.37. The van der Waals surface area contributed by atoms with Gasteiger partial charge in [0, 0.05) is 16.9 Å². The van der Waals surface area contributed by atoms with Crippen molar-refractivity contribution < 1.29 is 14.3 Å². The summed E-state index contributed by atoms with van der Waals surface area (Å²) in [6, 6.07) is 14.0. The lowest BCUT2D eigenvalue weighted by Gasteiger charge is -2.22. The van der Waals surface area contributed by atoms with Crippen LogP contribution in [0, 0.1) is 13.8 Å². The Morgan fingerprint density at radius 3 is 2.83 bits per heavy atom. The molecule has 2 aromatic carbocycles. The molecule has 3 aromatic rings. The van der Waals surface area contributed by atoms with Crippen LogP contribution in [0.4, 0.5) is 11.4 Å². The summed E-state index contributed by atoms with van der Waals surface area (Å²) < 4.78 is 5.83. The molecule has 1 aliphatic rings. The van der Waals surface area contributed by atoms with Crippen molar-refractivity contribution >= 4 is 34.8 Å². The normalized spacial score (nSPS) is 12.5. The molecule has 146 valence electrons. The molecule has 7 heteroatoms. The molecule has 2 heterocycles. The minimum atomic E-state index is -0.384. The molecule has 2 amide bonds. The van der Waals surface area contributed by atoms with E-state index in [0.717, 1.165) is 11.1 Å². The number of halogens is 1. The summed E-state index contributed by atoms with van der Waals surface area (Å²) in [7, 11) is 0. The number of nitrogens with one attached hydrogen (secondary N) is 1. The van der Waals surface area contributed by atoms with Crippen molar-refractivity contribution in [2.24, 2.45) is 0 Å². The van der Waals surface area contributed by atoms with Gasteiger partial charge in [-0.15, -0.1) is 0 Å². The molecule has 4 rings (SSSR count). The number of nitrogens with zero attached hydrogens (tertiary/aromatic N) is 2. The third-order valence-electron chi connectivity index (χ3n) is 4.63. The van der Waals surface area contributed by atoms with Crippen molar-refractivity contribution in [3.63, 3.8) is 0 Å². The number of aromatic nitrogens is 1. The lowest BCUT2D eigenvalue weighted by Crippen LogP contribution is -2.37. The molecule has 0 unspecified atom stereocenters. The number of hydrogen-bond donors (Lipinski definition) is 1. The van der Waals surface area contributed by atoms with Crippen LogP contribution in [0.1, 0.15) is 21.5 Å². The van der Waals surface area contributed by atoms with Crippen LogP contribution in [-0.2, 0) is 4.79 Å². The Morgan fingerprint density at radius 2 is 2.00 bits per heavy atom. The average molecular weight is 408 g/mol. The van der Waals surface area contributed by atoms with Crippen LogP contribution in [0.25, 0.3) is 0 Å². The molecule has 0 fully saturated rings. The summed E-state index contributed by atoms with van der Waals surface area (Å²) in [6.07, 6.45) is 1.55. The van der Waals surface area contributed by atoms with Crippen LogP contribution >= 0.6 is 11.6 Å². The first-order valence-corrected chi connectivity index (χ1v) is 9.41. The summed E-state index contributed by atoms with van der Waals surface area (Å²) in [6.45, 7) is 3.67. The van der Waals surface area contributed by atoms with Gasteiger partial charge in [0.05, 0.1) is 5.69 Å². The Bertz CT molecular complexity index is 1130. The third kappa shape index (κ3) is 3.79. The fourth-order valence-electron chi connectivity index (χ4n) is 3.14. The second kappa shape index (κ2) is 7.56. The van der Waals surface area contributed by atoms with Crippen molar-refractivity contribution in [1.82, 2.24) is 4.98 Å². The zero-order valence-corrected chi connectivity index (χ0v) is 16.7. The Balaban J connectivity index is 1.69. The van der Waals surface area contributed by atoms with Gasteiger partial charge in [-0.2, -0.15) is 0 Å². The molecule has 0 aliphatic carbocycles. The van der Waals surface area contributed by atoms with E-state index in [1.165, 1.54) is 4.90 Å². The number of amides is 2. The van der Waals surface area contributed by atoms with E-state index in [2.05, 4.69) is 10.3 Å². The fourth-order valence-corrected chi connectivity index (χ4v) is 3.31. The van der Waals surface area contributed by atoms with Gasteiger partial charge in [0.2, 0.25) is 11.8 Å². The molecule has 0 atom stereocenters. The first-order valence-electron chi connectivity index (χ1n) is 9.04. The van der Waals surface area contributed by atoms with E-state index in [0.29, 0.717) is 22.1 Å². The zero-order valence-electron chi connectivity index (χ0n) is 15.9. The van der Waals surface area contributed by atoms with Gasteiger partial charge in [0.25, 0.3) is 5.91 Å². The average Bonchev–Trinajstić information content (AvgIpc) is 2.80. The minimum Gasteiger partial charge on any atom is -0.436 e. The van der Waals surface area contributed by atoms with Gasteiger partial charge < -0.3 is 10.1 Å². The zero-order chi connectivity index (χ0) is 20.5. The monoisotopic (exact) mass is 407 g/mol. The molecule has 0 bridgehead atoms. The maximum absolute atomic E-state index is 13.2. The quantitative estimate of drug-likeness (QED) is 0.680. The summed E-state index contributed by atoms with van der Waals surface area (Å²) in [5, 5.41) is 3.32. The predicted octanol–water partition coefficient (Wildman–Crippen LogP) is 4.74. The van der Waals surface area contributed by atoms with Gasteiger partial charge in [-0.1, -0.05) is 23.7 Å². The number of carbonyl (C=O) groups excluding carboxylic acids is 2. The fraction of sp³-hybridized carbons (Fsp3) is 0.136.